The number of allylic oxidation sites excluding steroid dienone is 6. The minimum absolute atomic E-state index is 0.00451. The van der Waals surface area contributed by atoms with Gasteiger partial charge in [0.25, 0.3) is 0 Å². The Morgan fingerprint density at radius 1 is 0.300 bits per heavy atom. The lowest BCUT2D eigenvalue weighted by atomic mass is 9.90. The van der Waals surface area contributed by atoms with Crippen molar-refractivity contribution in [2.24, 2.45) is 0 Å². The van der Waals surface area contributed by atoms with Crippen molar-refractivity contribution in [1.82, 2.24) is 18.7 Å². The van der Waals surface area contributed by atoms with Gasteiger partial charge in [-0.15, -0.1) is 0 Å². The van der Waals surface area contributed by atoms with Gasteiger partial charge in [-0.25, -0.2) is 4.98 Å². The number of benzene rings is 10. The Morgan fingerprint density at radius 3 is 1.40 bits per heavy atom. The topological polar surface area (TPSA) is 37.4 Å². The maximum absolute atomic E-state index is 5.86. The summed E-state index contributed by atoms with van der Waals surface area (Å²) in [5, 5.41) is 7.45. The van der Waals surface area contributed by atoms with Crippen LogP contribution < -0.4 is 14.7 Å². The average Bonchev–Trinajstić information content (AvgIpc) is 1.61. The van der Waals surface area contributed by atoms with Crippen molar-refractivity contribution in [3.05, 3.63) is 326 Å². The van der Waals surface area contributed by atoms with Crippen molar-refractivity contribution >= 4 is 99.5 Å². The largest absolute Gasteiger partial charge is 0.333 e. The zero-order chi connectivity index (χ0) is 58.7. The van der Waals surface area contributed by atoms with Gasteiger partial charge in [-0.05, 0) is 114 Å². The zero-order valence-corrected chi connectivity index (χ0v) is 49.0. The second-order valence-corrected chi connectivity index (χ2v) is 24.8. The molecular formula is C83H57N7. The molecule has 7 heterocycles. The van der Waals surface area contributed by atoms with Gasteiger partial charge in [0.1, 0.15) is 5.82 Å². The van der Waals surface area contributed by atoms with Crippen LogP contribution in [0.3, 0.4) is 0 Å². The second-order valence-electron chi connectivity index (χ2n) is 24.8. The predicted molar refractivity (Wildman–Crippen MR) is 373 cm³/mol. The molecule has 0 spiro atoms. The van der Waals surface area contributed by atoms with Gasteiger partial charge in [0.05, 0.1) is 68.3 Å². The van der Waals surface area contributed by atoms with Gasteiger partial charge in [-0.3, -0.25) is 4.57 Å². The highest BCUT2D eigenvalue weighted by Gasteiger charge is 2.43. The van der Waals surface area contributed by atoms with Gasteiger partial charge in [0, 0.05) is 95.3 Å². The van der Waals surface area contributed by atoms with Crippen LogP contribution in [0.4, 0.5) is 34.1 Å². The third-order valence-corrected chi connectivity index (χ3v) is 20.3. The molecule has 6 aliphatic rings. The summed E-state index contributed by atoms with van der Waals surface area (Å²) in [5.41, 5.74) is 22.4. The Bertz CT molecular complexity index is 5560. The summed E-state index contributed by atoms with van der Waals surface area (Å²) in [5.74, 6) is 1.39. The van der Waals surface area contributed by atoms with Crippen molar-refractivity contribution in [2.45, 2.75) is 35.9 Å². The molecule has 6 atom stereocenters. The summed E-state index contributed by atoms with van der Waals surface area (Å²) in [6.07, 6.45) is 27.7. The Hall–Kier alpha value is -11.4. The number of rotatable bonds is 7. The van der Waals surface area contributed by atoms with Gasteiger partial charge in [-0.2, -0.15) is 0 Å². The normalized spacial score (nSPS) is 19.9. The second kappa shape index (κ2) is 19.0. The average molecular weight is 1150 g/mol. The SMILES string of the molecule is C1=CC2c3c(ccc4c5ccccc5n(-c5ccccc5)c34)N(c3cc(-c4cccc(-n5c6ccccc6c6c7c(ccc65)C5C=CC=CC5N7c5ccccc5)n4)cc(-n4c5ccccc5c5c6c(ccc54)C4C=CC=CC4N6c4ccccc4)c3)C2C=C1. The van der Waals surface area contributed by atoms with Gasteiger partial charge in [0.2, 0.25) is 0 Å². The van der Waals surface area contributed by atoms with E-state index in [1.165, 1.54) is 88.5 Å². The molecule has 4 aromatic heterocycles. The van der Waals surface area contributed by atoms with E-state index in [9.17, 15) is 0 Å². The molecular weight excluding hydrogens is 1090 g/mol. The number of pyridine rings is 1. The third-order valence-electron chi connectivity index (χ3n) is 20.3. The smallest absolute Gasteiger partial charge is 0.138 e. The van der Waals surface area contributed by atoms with Gasteiger partial charge in [-0.1, -0.05) is 206 Å². The zero-order valence-electron chi connectivity index (χ0n) is 49.0. The fourth-order valence-corrected chi connectivity index (χ4v) is 16.8. The van der Waals surface area contributed by atoms with E-state index < -0.39 is 0 Å². The van der Waals surface area contributed by atoms with Crippen molar-refractivity contribution in [2.75, 3.05) is 14.7 Å². The van der Waals surface area contributed by atoms with Crippen LogP contribution in [0, 0.1) is 0 Å². The van der Waals surface area contributed by atoms with E-state index in [0.29, 0.717) is 0 Å². The molecule has 20 rings (SSSR count). The van der Waals surface area contributed by atoms with E-state index >= 15 is 0 Å². The molecule has 14 aromatic rings. The first kappa shape index (κ1) is 49.7. The van der Waals surface area contributed by atoms with E-state index in [2.05, 4.69) is 338 Å². The monoisotopic (exact) mass is 1150 g/mol. The van der Waals surface area contributed by atoms with Crippen LogP contribution in [0.2, 0.25) is 0 Å². The molecule has 0 saturated carbocycles. The third kappa shape index (κ3) is 6.91. The first-order chi connectivity index (χ1) is 44.7. The van der Waals surface area contributed by atoms with Crippen molar-refractivity contribution in [1.29, 1.82) is 0 Å². The molecule has 0 N–H and O–H groups in total. The number of fused-ring (bicyclic) bond motifs is 21. The predicted octanol–water partition coefficient (Wildman–Crippen LogP) is 20.2. The van der Waals surface area contributed by atoms with Crippen molar-refractivity contribution < 1.29 is 0 Å². The van der Waals surface area contributed by atoms with Crippen LogP contribution in [0.15, 0.2) is 310 Å². The molecule has 10 aromatic carbocycles. The summed E-state index contributed by atoms with van der Waals surface area (Å²) in [7, 11) is 0. The Kier molecular flexibility index (Phi) is 10.5. The van der Waals surface area contributed by atoms with Crippen molar-refractivity contribution in [3.8, 4) is 28.5 Å². The van der Waals surface area contributed by atoms with Gasteiger partial charge < -0.3 is 23.8 Å². The fraction of sp³-hybridized carbons (Fsp3) is 0.0723. The molecule has 90 heavy (non-hydrogen) atoms. The molecule has 0 amide bonds. The fourth-order valence-electron chi connectivity index (χ4n) is 16.8. The minimum Gasteiger partial charge on any atom is -0.333 e. The van der Waals surface area contributed by atoms with E-state index in [4.69, 9.17) is 4.98 Å². The summed E-state index contributed by atoms with van der Waals surface area (Å²) in [6.45, 7) is 0. The van der Waals surface area contributed by atoms with Crippen LogP contribution in [0.25, 0.3) is 93.9 Å². The van der Waals surface area contributed by atoms with Crippen LogP contribution >= 0.6 is 0 Å². The van der Waals surface area contributed by atoms with E-state index in [0.717, 1.165) is 56.2 Å². The molecule has 3 aliphatic carbocycles. The number of hydrogen-bond acceptors (Lipinski definition) is 4. The van der Waals surface area contributed by atoms with Gasteiger partial charge in [0.15, 0.2) is 0 Å². The number of aromatic nitrogens is 4. The lowest BCUT2D eigenvalue weighted by molar-refractivity contribution is 0.745. The number of hydrogen-bond donors (Lipinski definition) is 0. The summed E-state index contributed by atoms with van der Waals surface area (Å²) in [6, 6.07) is 88.2. The highest BCUT2D eigenvalue weighted by atomic mass is 15.2. The molecule has 7 heteroatoms. The van der Waals surface area contributed by atoms with Crippen LogP contribution in [-0.2, 0) is 0 Å². The Morgan fingerprint density at radius 2 is 0.789 bits per heavy atom. The molecule has 3 aliphatic heterocycles. The summed E-state index contributed by atoms with van der Waals surface area (Å²) in [4.78, 5) is 13.7. The molecule has 6 unspecified atom stereocenters. The quantitative estimate of drug-likeness (QED) is 0.159. The van der Waals surface area contributed by atoms with Crippen LogP contribution in [0.5, 0.6) is 0 Å². The lowest BCUT2D eigenvalue weighted by Crippen LogP contribution is -2.28. The minimum atomic E-state index is -0.00451. The van der Waals surface area contributed by atoms with Crippen LogP contribution in [0.1, 0.15) is 34.4 Å². The molecule has 0 fully saturated rings. The van der Waals surface area contributed by atoms with Crippen molar-refractivity contribution in [3.63, 3.8) is 0 Å². The van der Waals surface area contributed by atoms with E-state index in [1.54, 1.807) is 0 Å². The summed E-state index contributed by atoms with van der Waals surface area (Å²) >= 11 is 0. The van der Waals surface area contributed by atoms with E-state index in [1.807, 2.05) is 0 Å². The first-order valence-corrected chi connectivity index (χ1v) is 31.6. The highest BCUT2D eigenvalue weighted by Crippen LogP contribution is 2.57. The molecule has 0 saturated heterocycles. The first-order valence-electron chi connectivity index (χ1n) is 31.6. The highest BCUT2D eigenvalue weighted by molar-refractivity contribution is 6.19. The number of anilines is 6. The Labute approximate surface area is 520 Å². The molecule has 0 radical (unpaired) electrons. The number of nitrogens with zero attached hydrogens (tertiary/aromatic N) is 7. The van der Waals surface area contributed by atoms with Crippen LogP contribution in [-0.4, -0.2) is 36.8 Å². The molecule has 7 nitrogen and oxygen atoms in total. The lowest BCUT2D eigenvalue weighted by Gasteiger charge is -2.30. The van der Waals surface area contributed by atoms with Gasteiger partial charge >= 0.3 is 0 Å². The maximum atomic E-state index is 5.86. The summed E-state index contributed by atoms with van der Waals surface area (Å²) < 4.78 is 7.45. The molecule has 424 valence electrons. The maximum Gasteiger partial charge on any atom is 0.138 e. The van der Waals surface area contributed by atoms with E-state index in [-0.39, 0.29) is 35.9 Å². The number of para-hydroxylation sites is 6. The standard InChI is InChI=1S/C83H57N7/c1-4-23-53(24-5-1)87-68-36-16-10-29-58(68)61-43-46-74-78(81(61)87)64-32-13-19-39-71(64)85(74)56-49-52(50-57(51-56)86-72-40-20-14-33-65(72)79-75(86)47-44-62-59-30-11-17-37-69(59)88(82(62)79)54-25-6-2-7-26-54)67-35-22-42-77(84-67)90-73-41-21-15-34-66(73)80-76(90)48-45-63-60-31-12-18-38-70(60)89(83(63)80)55-27-8-3-9-28-55/h1-51,58,60,65,68,70,72H. The molecule has 0 bridgehead atoms. The Balaban J connectivity index is 0.837.